The Morgan fingerprint density at radius 1 is 1.24 bits per heavy atom. The van der Waals surface area contributed by atoms with Gasteiger partial charge in [-0.2, -0.15) is 4.98 Å². The highest BCUT2D eigenvalue weighted by molar-refractivity contribution is 7.91. The standard InChI is InChI=1S/C22H23N3O7S/c1-32-14-7-5-13(6-8-14)15(10-19(27)23-16-11-33(30,31)12-17(16)26)20-21(28)24-18-4-2-3-9-25(18)22(20)29/h2-9,15-17,26,28H,10-12H2,1H3,(H,23,27)/t15?,16-,17+/m0/s1. The first-order valence-corrected chi connectivity index (χ1v) is 12.0. The number of aromatic hydroxyl groups is 1. The summed E-state index contributed by atoms with van der Waals surface area (Å²) in [5, 5.41) is 23.2. The monoisotopic (exact) mass is 473 g/mol. The van der Waals surface area contributed by atoms with Crippen LogP contribution in [0.1, 0.15) is 23.5 Å². The predicted octanol–water partition coefficient (Wildman–Crippen LogP) is 0.205. The number of methoxy groups -OCH3 is 1. The Kier molecular flexibility index (Phi) is 6.09. The highest BCUT2D eigenvalue weighted by Crippen LogP contribution is 2.32. The number of hydrogen-bond acceptors (Lipinski definition) is 8. The van der Waals surface area contributed by atoms with E-state index in [1.165, 1.54) is 17.7 Å². The number of amides is 1. The fraction of sp³-hybridized carbons (Fsp3) is 0.318. The van der Waals surface area contributed by atoms with E-state index in [0.29, 0.717) is 11.3 Å². The van der Waals surface area contributed by atoms with Crippen molar-refractivity contribution < 1.29 is 28.2 Å². The number of nitrogens with zero attached hydrogens (tertiary/aromatic N) is 2. The van der Waals surface area contributed by atoms with Crippen molar-refractivity contribution in [2.75, 3.05) is 18.6 Å². The van der Waals surface area contributed by atoms with E-state index in [-0.39, 0.29) is 23.4 Å². The van der Waals surface area contributed by atoms with Crippen molar-refractivity contribution in [3.8, 4) is 11.6 Å². The second-order valence-electron chi connectivity index (χ2n) is 7.93. The lowest BCUT2D eigenvalue weighted by atomic mass is 9.89. The minimum atomic E-state index is -3.45. The Balaban J connectivity index is 1.72. The van der Waals surface area contributed by atoms with Crippen LogP contribution in [-0.4, -0.2) is 64.7 Å². The number of hydrogen-bond donors (Lipinski definition) is 3. The maximum atomic E-state index is 13.2. The number of carbonyl (C=O) groups is 1. The molecule has 3 N–H and O–H groups in total. The Bertz CT molecular complexity index is 1350. The summed E-state index contributed by atoms with van der Waals surface area (Å²) in [7, 11) is -1.94. The van der Waals surface area contributed by atoms with Crippen LogP contribution in [0.25, 0.3) is 5.65 Å². The van der Waals surface area contributed by atoms with E-state index in [1.54, 1.807) is 42.5 Å². The Morgan fingerprint density at radius 2 is 1.97 bits per heavy atom. The number of carbonyl (C=O) groups excluding carboxylic acids is 1. The molecule has 11 heteroatoms. The van der Waals surface area contributed by atoms with Gasteiger partial charge in [-0.3, -0.25) is 14.0 Å². The largest absolute Gasteiger partial charge is 0.497 e. The maximum Gasteiger partial charge on any atom is 0.265 e. The number of ether oxygens (including phenoxy) is 1. The molecule has 1 aliphatic rings. The van der Waals surface area contributed by atoms with Crippen molar-refractivity contribution in [3.63, 3.8) is 0 Å². The van der Waals surface area contributed by atoms with Gasteiger partial charge in [0.1, 0.15) is 11.4 Å². The molecule has 1 aliphatic heterocycles. The first-order valence-electron chi connectivity index (χ1n) is 10.2. The van der Waals surface area contributed by atoms with Gasteiger partial charge in [0.05, 0.1) is 36.3 Å². The van der Waals surface area contributed by atoms with Crippen LogP contribution in [0.4, 0.5) is 0 Å². The molecule has 0 bridgehead atoms. The Labute approximate surface area is 189 Å². The number of rotatable bonds is 6. The lowest BCUT2D eigenvalue weighted by Gasteiger charge is -2.21. The number of aliphatic hydroxyl groups excluding tert-OH is 1. The topological polar surface area (TPSA) is 147 Å². The fourth-order valence-electron chi connectivity index (χ4n) is 4.04. The van der Waals surface area contributed by atoms with Crippen LogP contribution in [0.15, 0.2) is 53.5 Å². The van der Waals surface area contributed by atoms with Gasteiger partial charge in [0.25, 0.3) is 5.56 Å². The van der Waals surface area contributed by atoms with Gasteiger partial charge in [-0.1, -0.05) is 18.2 Å². The number of fused-ring (bicyclic) bond motifs is 1. The van der Waals surface area contributed by atoms with Gasteiger partial charge in [0.15, 0.2) is 9.84 Å². The van der Waals surface area contributed by atoms with Crippen LogP contribution in [0.5, 0.6) is 11.6 Å². The maximum absolute atomic E-state index is 13.2. The lowest BCUT2D eigenvalue weighted by molar-refractivity contribution is -0.122. The summed E-state index contributed by atoms with van der Waals surface area (Å²) in [6.07, 6.45) is 0.0250. The molecule has 1 saturated heterocycles. The van der Waals surface area contributed by atoms with Crippen LogP contribution < -0.4 is 15.6 Å². The number of pyridine rings is 1. The number of aliphatic hydroxyl groups is 1. The van der Waals surface area contributed by atoms with Crippen LogP contribution in [-0.2, 0) is 14.6 Å². The molecule has 33 heavy (non-hydrogen) atoms. The number of nitrogens with one attached hydrogen (secondary N) is 1. The van der Waals surface area contributed by atoms with Crippen molar-refractivity contribution in [2.45, 2.75) is 24.5 Å². The average molecular weight is 474 g/mol. The van der Waals surface area contributed by atoms with Crippen molar-refractivity contribution in [1.29, 1.82) is 0 Å². The molecule has 1 aromatic carbocycles. The molecule has 4 rings (SSSR count). The van der Waals surface area contributed by atoms with E-state index in [9.17, 15) is 28.2 Å². The summed E-state index contributed by atoms with van der Waals surface area (Å²) in [5.41, 5.74) is 0.199. The zero-order valence-electron chi connectivity index (χ0n) is 17.7. The normalized spacial score (nSPS) is 20.4. The predicted molar refractivity (Wildman–Crippen MR) is 119 cm³/mol. The van der Waals surface area contributed by atoms with Crippen LogP contribution in [0, 0.1) is 0 Å². The SMILES string of the molecule is COc1ccc(C(CC(=O)N[C@H]2CS(=O)(=O)C[C@H]2O)c2c(O)nc3ccccn3c2=O)cc1. The van der Waals surface area contributed by atoms with Gasteiger partial charge in [-0.15, -0.1) is 0 Å². The van der Waals surface area contributed by atoms with Crippen LogP contribution in [0.3, 0.4) is 0 Å². The minimum Gasteiger partial charge on any atom is -0.497 e. The average Bonchev–Trinajstić information content (AvgIpc) is 3.03. The molecule has 0 radical (unpaired) electrons. The molecule has 10 nitrogen and oxygen atoms in total. The second-order valence-corrected chi connectivity index (χ2v) is 10.1. The van der Waals surface area contributed by atoms with Gasteiger partial charge >= 0.3 is 0 Å². The van der Waals surface area contributed by atoms with E-state index < -0.39 is 51.0 Å². The van der Waals surface area contributed by atoms with E-state index in [1.807, 2.05) is 0 Å². The third-order valence-electron chi connectivity index (χ3n) is 5.67. The molecule has 1 amide bonds. The zero-order valence-corrected chi connectivity index (χ0v) is 18.5. The number of sulfone groups is 1. The lowest BCUT2D eigenvalue weighted by Crippen LogP contribution is -2.43. The van der Waals surface area contributed by atoms with Crippen molar-refractivity contribution in [3.05, 3.63) is 70.1 Å². The van der Waals surface area contributed by atoms with Gasteiger partial charge in [-0.25, -0.2) is 8.42 Å². The van der Waals surface area contributed by atoms with Gasteiger partial charge in [0.2, 0.25) is 11.8 Å². The first kappa shape index (κ1) is 22.7. The molecule has 1 fully saturated rings. The molecule has 3 atom stereocenters. The number of aromatic nitrogens is 2. The van der Waals surface area contributed by atoms with E-state index in [4.69, 9.17) is 4.74 Å². The van der Waals surface area contributed by atoms with E-state index in [0.717, 1.165) is 0 Å². The Hall–Kier alpha value is -3.44. The van der Waals surface area contributed by atoms with Gasteiger partial charge < -0.3 is 20.3 Å². The van der Waals surface area contributed by atoms with E-state index in [2.05, 4.69) is 10.3 Å². The third-order valence-corrected chi connectivity index (χ3v) is 7.39. The van der Waals surface area contributed by atoms with Gasteiger partial charge in [0, 0.05) is 18.5 Å². The van der Waals surface area contributed by atoms with Crippen LogP contribution in [0.2, 0.25) is 0 Å². The summed E-state index contributed by atoms with van der Waals surface area (Å²) in [4.78, 5) is 30.2. The molecule has 3 heterocycles. The molecular weight excluding hydrogens is 450 g/mol. The fourth-order valence-corrected chi connectivity index (χ4v) is 5.78. The number of benzene rings is 1. The smallest absolute Gasteiger partial charge is 0.265 e. The molecule has 1 unspecified atom stereocenters. The van der Waals surface area contributed by atoms with Crippen molar-refractivity contribution in [1.82, 2.24) is 14.7 Å². The highest BCUT2D eigenvalue weighted by atomic mass is 32.2. The molecule has 0 spiro atoms. The summed E-state index contributed by atoms with van der Waals surface area (Å²) in [6.45, 7) is 0. The van der Waals surface area contributed by atoms with Gasteiger partial charge in [-0.05, 0) is 29.8 Å². The quantitative estimate of drug-likeness (QED) is 0.460. The summed E-state index contributed by atoms with van der Waals surface area (Å²) in [5.74, 6) is -2.17. The molecule has 0 saturated carbocycles. The highest BCUT2D eigenvalue weighted by Gasteiger charge is 2.38. The minimum absolute atomic E-state index is 0.0707. The molecule has 2 aromatic heterocycles. The first-order chi connectivity index (χ1) is 15.7. The van der Waals surface area contributed by atoms with E-state index >= 15 is 0 Å². The molecule has 0 aliphatic carbocycles. The summed E-state index contributed by atoms with van der Waals surface area (Å²) in [6, 6.07) is 10.6. The summed E-state index contributed by atoms with van der Waals surface area (Å²) < 4.78 is 30.0. The molecule has 3 aromatic rings. The molecule has 174 valence electrons. The summed E-state index contributed by atoms with van der Waals surface area (Å²) >= 11 is 0. The third kappa shape index (κ3) is 4.69. The van der Waals surface area contributed by atoms with Crippen LogP contribution >= 0.6 is 0 Å². The Morgan fingerprint density at radius 3 is 2.61 bits per heavy atom. The van der Waals surface area contributed by atoms with Crippen molar-refractivity contribution in [2.24, 2.45) is 0 Å². The second kappa shape index (κ2) is 8.83. The van der Waals surface area contributed by atoms with Crippen molar-refractivity contribution >= 4 is 21.4 Å². The zero-order chi connectivity index (χ0) is 23.8. The molecular formula is C22H23N3O7S.